The second kappa shape index (κ2) is 10.8. The molecule has 7 nitrogen and oxygen atoms in total. The third-order valence-electron chi connectivity index (χ3n) is 6.49. The number of aromatic nitrogens is 1. The Kier molecular flexibility index (Phi) is 7.76. The number of carboxylic acids is 1. The highest BCUT2D eigenvalue weighted by Crippen LogP contribution is 2.41. The van der Waals surface area contributed by atoms with Crippen LogP contribution in [0.15, 0.2) is 72.0 Å². The molecule has 1 aliphatic rings. The molecule has 1 saturated carbocycles. The number of aliphatic carboxylic acids is 1. The number of nitrogens with one attached hydrogen (secondary N) is 1. The van der Waals surface area contributed by atoms with Crippen molar-refractivity contribution < 1.29 is 19.5 Å². The number of hydrogen-bond donors (Lipinski definition) is 2. The van der Waals surface area contributed by atoms with Gasteiger partial charge in [-0.15, -0.1) is 0 Å². The van der Waals surface area contributed by atoms with Gasteiger partial charge in [0.15, 0.2) is 11.8 Å². The Morgan fingerprint density at radius 1 is 1.03 bits per heavy atom. The van der Waals surface area contributed by atoms with Crippen LogP contribution in [0.3, 0.4) is 0 Å². The molecule has 1 heterocycles. The zero-order valence-electron chi connectivity index (χ0n) is 20.2. The standard InChI is InChI=1S/C28H25Cl2N3O4/c1-28(2)24(19(25(28)34)12-16-6-4-3-5-7-16)33-22(27(36)37)13-17-8-10-18(11-9-17)32-26(35)23-20(29)14-31-15-21(23)30/h3-11,14-15,19,22H,12-13H2,1-2H3,(H,32,35)(H,36,37)/t19?,22-/m0/s1. The number of Topliss-reactive ketones (excluding diaryl/α,β-unsaturated/α-hetero) is 1. The third-order valence-corrected chi connectivity index (χ3v) is 7.06. The number of pyridine rings is 1. The van der Waals surface area contributed by atoms with E-state index in [1.807, 2.05) is 30.3 Å². The van der Waals surface area contributed by atoms with Gasteiger partial charge in [0.1, 0.15) is 0 Å². The Bertz CT molecular complexity index is 1350. The number of benzene rings is 2. The van der Waals surface area contributed by atoms with Crippen molar-refractivity contribution in [2.24, 2.45) is 16.3 Å². The average molecular weight is 538 g/mol. The number of ketones is 1. The van der Waals surface area contributed by atoms with Gasteiger partial charge in [-0.3, -0.25) is 19.6 Å². The number of carbonyl (C=O) groups excluding carboxylic acids is 2. The molecule has 1 fully saturated rings. The zero-order chi connectivity index (χ0) is 26.7. The summed E-state index contributed by atoms with van der Waals surface area (Å²) in [6.07, 6.45) is 3.30. The summed E-state index contributed by atoms with van der Waals surface area (Å²) in [5.41, 5.74) is 2.15. The first-order chi connectivity index (χ1) is 17.6. The van der Waals surface area contributed by atoms with Gasteiger partial charge in [-0.05, 0) is 43.5 Å². The fraction of sp³-hybridized carbons (Fsp3) is 0.250. The lowest BCUT2D eigenvalue weighted by atomic mass is 9.59. The number of aliphatic imine (C=N–C) groups is 1. The third kappa shape index (κ3) is 5.73. The number of carbonyl (C=O) groups is 3. The molecule has 2 aromatic carbocycles. The van der Waals surface area contributed by atoms with Crippen LogP contribution in [0.5, 0.6) is 0 Å². The summed E-state index contributed by atoms with van der Waals surface area (Å²) in [7, 11) is 0. The van der Waals surface area contributed by atoms with Crippen molar-refractivity contribution in [1.29, 1.82) is 0 Å². The van der Waals surface area contributed by atoms with E-state index in [1.165, 1.54) is 12.4 Å². The summed E-state index contributed by atoms with van der Waals surface area (Å²) in [6, 6.07) is 15.3. The number of amides is 1. The van der Waals surface area contributed by atoms with Crippen molar-refractivity contribution >= 4 is 52.3 Å². The van der Waals surface area contributed by atoms with Gasteiger partial charge in [-0.25, -0.2) is 4.79 Å². The molecule has 0 aliphatic heterocycles. The van der Waals surface area contributed by atoms with Crippen molar-refractivity contribution in [3.63, 3.8) is 0 Å². The van der Waals surface area contributed by atoms with E-state index in [9.17, 15) is 19.5 Å². The highest BCUT2D eigenvalue weighted by Gasteiger charge is 2.53. The van der Waals surface area contributed by atoms with Crippen LogP contribution < -0.4 is 5.32 Å². The minimum atomic E-state index is -1.07. The SMILES string of the molecule is CC1(C)C(=O)C(Cc2ccccc2)C1=N[C@@H](Cc1ccc(NC(=O)c2c(Cl)cncc2Cl)cc1)C(=O)O. The summed E-state index contributed by atoms with van der Waals surface area (Å²) in [5, 5.41) is 12.9. The smallest absolute Gasteiger partial charge is 0.328 e. The maximum Gasteiger partial charge on any atom is 0.328 e. The van der Waals surface area contributed by atoms with Crippen LogP contribution in [0.2, 0.25) is 10.0 Å². The molecule has 9 heteroatoms. The van der Waals surface area contributed by atoms with Crippen LogP contribution in [-0.4, -0.2) is 39.5 Å². The van der Waals surface area contributed by atoms with E-state index in [0.717, 1.165) is 11.1 Å². The highest BCUT2D eigenvalue weighted by atomic mass is 35.5. The van der Waals surface area contributed by atoms with E-state index in [2.05, 4.69) is 15.3 Å². The number of hydrogen-bond acceptors (Lipinski definition) is 5. The molecular weight excluding hydrogens is 513 g/mol. The molecule has 190 valence electrons. The molecular formula is C28H25Cl2N3O4. The Hall–Kier alpha value is -3.55. The van der Waals surface area contributed by atoms with Crippen molar-refractivity contribution in [1.82, 2.24) is 4.98 Å². The first kappa shape index (κ1) is 26.5. The van der Waals surface area contributed by atoms with Crippen molar-refractivity contribution in [2.75, 3.05) is 5.32 Å². The number of rotatable bonds is 8. The molecule has 0 bridgehead atoms. The molecule has 0 spiro atoms. The summed E-state index contributed by atoms with van der Waals surface area (Å²) in [4.78, 5) is 45.9. The van der Waals surface area contributed by atoms with Crippen LogP contribution in [0.1, 0.15) is 35.3 Å². The largest absolute Gasteiger partial charge is 0.480 e. The Morgan fingerprint density at radius 2 is 1.65 bits per heavy atom. The molecule has 3 aromatic rings. The van der Waals surface area contributed by atoms with Gasteiger partial charge < -0.3 is 10.4 Å². The number of anilines is 1. The number of carboxylic acid groups (broad SMARTS) is 1. The van der Waals surface area contributed by atoms with E-state index in [-0.39, 0.29) is 27.8 Å². The predicted molar refractivity (Wildman–Crippen MR) is 144 cm³/mol. The molecule has 37 heavy (non-hydrogen) atoms. The van der Waals surface area contributed by atoms with E-state index < -0.39 is 29.3 Å². The summed E-state index contributed by atoms with van der Waals surface area (Å²) in [5.74, 6) is -1.92. The predicted octanol–water partition coefficient (Wildman–Crippen LogP) is 5.55. The van der Waals surface area contributed by atoms with Crippen molar-refractivity contribution in [2.45, 2.75) is 32.7 Å². The maximum absolute atomic E-state index is 12.8. The first-order valence-corrected chi connectivity index (χ1v) is 12.4. The van der Waals surface area contributed by atoms with Gasteiger partial charge in [0.2, 0.25) is 0 Å². The van der Waals surface area contributed by atoms with Crippen molar-refractivity contribution in [3.05, 3.63) is 93.7 Å². The minimum Gasteiger partial charge on any atom is -0.480 e. The van der Waals surface area contributed by atoms with E-state index >= 15 is 0 Å². The van der Waals surface area contributed by atoms with E-state index in [4.69, 9.17) is 23.2 Å². The summed E-state index contributed by atoms with van der Waals surface area (Å²) in [6.45, 7) is 3.57. The zero-order valence-corrected chi connectivity index (χ0v) is 21.8. The summed E-state index contributed by atoms with van der Waals surface area (Å²) < 4.78 is 0. The summed E-state index contributed by atoms with van der Waals surface area (Å²) >= 11 is 12.1. The molecule has 4 rings (SSSR count). The average Bonchev–Trinajstić information content (AvgIpc) is 2.86. The van der Waals surface area contributed by atoms with Crippen LogP contribution in [0, 0.1) is 11.3 Å². The Morgan fingerprint density at radius 3 is 2.24 bits per heavy atom. The number of halogens is 2. The number of nitrogens with zero attached hydrogens (tertiary/aromatic N) is 2. The molecule has 0 radical (unpaired) electrons. The van der Waals surface area contributed by atoms with Crippen LogP contribution in [0.4, 0.5) is 5.69 Å². The fourth-order valence-electron chi connectivity index (χ4n) is 4.46. The second-order valence-corrected chi connectivity index (χ2v) is 10.2. The lowest BCUT2D eigenvalue weighted by Crippen LogP contribution is -2.56. The lowest BCUT2D eigenvalue weighted by molar-refractivity contribution is -0.138. The molecule has 2 N–H and O–H groups in total. The monoisotopic (exact) mass is 537 g/mol. The Labute approximate surface area is 224 Å². The molecule has 1 amide bonds. The molecule has 1 aliphatic carbocycles. The normalized spacial score (nSPS) is 18.2. The molecule has 1 aromatic heterocycles. The van der Waals surface area contributed by atoms with Crippen LogP contribution in [0.25, 0.3) is 0 Å². The topological polar surface area (TPSA) is 109 Å². The minimum absolute atomic E-state index is 0.0636. The highest BCUT2D eigenvalue weighted by molar-refractivity contribution is 6.40. The van der Waals surface area contributed by atoms with Gasteiger partial charge >= 0.3 is 5.97 Å². The van der Waals surface area contributed by atoms with Crippen LogP contribution in [-0.2, 0) is 22.4 Å². The van der Waals surface area contributed by atoms with Gasteiger partial charge in [0.25, 0.3) is 5.91 Å². The molecule has 2 atom stereocenters. The van der Waals surface area contributed by atoms with Gasteiger partial charge in [0.05, 0.1) is 26.9 Å². The molecule has 0 saturated heterocycles. The van der Waals surface area contributed by atoms with E-state index in [0.29, 0.717) is 17.8 Å². The Balaban J connectivity index is 1.49. The second-order valence-electron chi connectivity index (χ2n) is 9.43. The molecule has 1 unspecified atom stereocenters. The van der Waals surface area contributed by atoms with Crippen LogP contribution >= 0.6 is 23.2 Å². The lowest BCUT2D eigenvalue weighted by Gasteiger charge is -2.43. The van der Waals surface area contributed by atoms with Gasteiger partial charge in [-0.1, -0.05) is 65.7 Å². The quantitative estimate of drug-likeness (QED) is 0.391. The van der Waals surface area contributed by atoms with Crippen molar-refractivity contribution in [3.8, 4) is 0 Å². The first-order valence-electron chi connectivity index (χ1n) is 11.7. The fourth-order valence-corrected chi connectivity index (χ4v) is 5.00. The van der Waals surface area contributed by atoms with Gasteiger partial charge in [0, 0.05) is 30.2 Å². The maximum atomic E-state index is 12.8. The van der Waals surface area contributed by atoms with Gasteiger partial charge in [-0.2, -0.15) is 0 Å². The van der Waals surface area contributed by atoms with E-state index in [1.54, 1.807) is 38.1 Å².